The number of anilines is 2. The molecule has 6 nitrogen and oxygen atoms in total. The maximum absolute atomic E-state index is 13.6. The van der Waals surface area contributed by atoms with Crippen LogP contribution < -0.4 is 14.8 Å². The van der Waals surface area contributed by atoms with Crippen LogP contribution >= 0.6 is 0 Å². The molecule has 1 aliphatic heterocycles. The van der Waals surface area contributed by atoms with Crippen LogP contribution in [0.2, 0.25) is 0 Å². The van der Waals surface area contributed by atoms with Gasteiger partial charge in [-0.2, -0.15) is 8.42 Å². The van der Waals surface area contributed by atoms with Gasteiger partial charge in [-0.05, 0) is 54.7 Å². The van der Waals surface area contributed by atoms with Gasteiger partial charge >= 0.3 is 0 Å². The first-order valence-corrected chi connectivity index (χ1v) is 10.3. The van der Waals surface area contributed by atoms with E-state index < -0.39 is 15.6 Å². The van der Waals surface area contributed by atoms with Crippen molar-refractivity contribution in [2.75, 3.05) is 16.2 Å². The molecule has 1 amide bonds. The van der Waals surface area contributed by atoms with Crippen LogP contribution in [0.4, 0.5) is 15.8 Å². The summed E-state index contributed by atoms with van der Waals surface area (Å²) in [5, 5.41) is 8.15. The number of nitrogens with two attached hydrogens (primary N) is 1. The van der Waals surface area contributed by atoms with E-state index in [0.29, 0.717) is 42.7 Å². The predicted molar refractivity (Wildman–Crippen MR) is 101 cm³/mol. The first kappa shape index (κ1) is 17.9. The van der Waals surface area contributed by atoms with E-state index in [1.165, 1.54) is 12.1 Å². The number of hydrogen-bond donors (Lipinski definition) is 2. The van der Waals surface area contributed by atoms with E-state index in [2.05, 4.69) is 5.32 Å². The van der Waals surface area contributed by atoms with Gasteiger partial charge in [0.25, 0.3) is 10.2 Å². The van der Waals surface area contributed by atoms with Crippen molar-refractivity contribution in [3.8, 4) is 0 Å². The molecule has 4 rings (SSSR count). The number of fused-ring (bicyclic) bond motifs is 1. The van der Waals surface area contributed by atoms with Gasteiger partial charge in [-0.25, -0.2) is 9.53 Å². The van der Waals surface area contributed by atoms with Gasteiger partial charge in [0.2, 0.25) is 5.91 Å². The van der Waals surface area contributed by atoms with Gasteiger partial charge < -0.3 is 5.32 Å². The third-order valence-corrected chi connectivity index (χ3v) is 6.52. The van der Waals surface area contributed by atoms with Crippen molar-refractivity contribution >= 4 is 27.5 Å². The molecule has 0 saturated heterocycles. The fraction of sp³-hybridized carbons (Fsp3) is 0.316. The zero-order chi connectivity index (χ0) is 19.2. The molecule has 0 spiro atoms. The molecule has 2 aliphatic rings. The van der Waals surface area contributed by atoms with Crippen molar-refractivity contribution in [2.45, 2.75) is 31.1 Å². The molecule has 1 aliphatic carbocycles. The first-order valence-electron chi connectivity index (χ1n) is 8.80. The van der Waals surface area contributed by atoms with E-state index in [4.69, 9.17) is 5.14 Å². The number of amides is 1. The zero-order valence-corrected chi connectivity index (χ0v) is 15.4. The Morgan fingerprint density at radius 3 is 2.59 bits per heavy atom. The maximum atomic E-state index is 13.6. The molecule has 27 heavy (non-hydrogen) atoms. The molecular weight excluding hydrogens is 369 g/mol. The molecule has 1 fully saturated rings. The lowest BCUT2D eigenvalue weighted by Gasteiger charge is -2.40. The lowest BCUT2D eigenvalue weighted by molar-refractivity contribution is -0.124. The van der Waals surface area contributed by atoms with Gasteiger partial charge in [-0.15, -0.1) is 0 Å². The quantitative estimate of drug-likeness (QED) is 0.841. The summed E-state index contributed by atoms with van der Waals surface area (Å²) in [5.41, 5.74) is 1.77. The lowest BCUT2D eigenvalue weighted by atomic mass is 9.63. The highest BCUT2D eigenvalue weighted by atomic mass is 32.2. The van der Waals surface area contributed by atoms with Gasteiger partial charge in [0.15, 0.2) is 0 Å². The van der Waals surface area contributed by atoms with Crippen LogP contribution in [-0.4, -0.2) is 20.9 Å². The maximum Gasteiger partial charge on any atom is 0.299 e. The average Bonchev–Trinajstić information content (AvgIpc) is 2.97. The van der Waals surface area contributed by atoms with Crippen LogP contribution in [0.25, 0.3) is 0 Å². The Hall–Kier alpha value is -2.45. The Balaban J connectivity index is 1.62. The number of carbonyl (C=O) groups is 1. The van der Waals surface area contributed by atoms with Crippen molar-refractivity contribution in [2.24, 2.45) is 5.14 Å². The summed E-state index contributed by atoms with van der Waals surface area (Å²) in [7, 11) is -3.85. The second-order valence-corrected chi connectivity index (χ2v) is 8.58. The van der Waals surface area contributed by atoms with Crippen molar-refractivity contribution in [1.29, 1.82) is 0 Å². The molecule has 1 heterocycles. The Bertz CT molecular complexity index is 1020. The predicted octanol–water partition coefficient (Wildman–Crippen LogP) is 2.45. The van der Waals surface area contributed by atoms with Gasteiger partial charge in [0.05, 0.1) is 11.1 Å². The molecule has 0 atom stereocenters. The van der Waals surface area contributed by atoms with Crippen LogP contribution in [0.1, 0.15) is 30.4 Å². The van der Waals surface area contributed by atoms with Crippen LogP contribution in [0, 0.1) is 5.82 Å². The molecule has 1 saturated carbocycles. The minimum atomic E-state index is -3.85. The topological polar surface area (TPSA) is 92.5 Å². The summed E-state index contributed by atoms with van der Waals surface area (Å²) in [5.74, 6) is -0.577. The molecular formula is C19H20FN3O3S. The molecule has 142 valence electrons. The number of rotatable bonds is 4. The van der Waals surface area contributed by atoms with Crippen LogP contribution in [0.5, 0.6) is 0 Å². The van der Waals surface area contributed by atoms with Gasteiger partial charge in [-0.1, -0.05) is 24.6 Å². The molecule has 8 heteroatoms. The number of nitrogens with zero attached hydrogens (tertiary/aromatic N) is 1. The third kappa shape index (κ3) is 3.08. The zero-order valence-electron chi connectivity index (χ0n) is 14.6. The molecule has 0 unspecified atom stereocenters. The third-order valence-electron chi connectivity index (χ3n) is 5.52. The Labute approximate surface area is 157 Å². The SMILES string of the molecule is NS(=O)(=O)N1CCc2ccc(NC(=O)C3(c4cccc(F)c4)CCC3)cc21. The minimum Gasteiger partial charge on any atom is -0.325 e. The van der Waals surface area contributed by atoms with Crippen molar-refractivity contribution in [3.63, 3.8) is 0 Å². The second-order valence-electron chi connectivity index (χ2n) is 7.11. The highest BCUT2D eigenvalue weighted by Crippen LogP contribution is 2.45. The molecule has 0 radical (unpaired) electrons. The molecule has 3 N–H and O–H groups in total. The number of nitrogens with one attached hydrogen (secondary N) is 1. The normalized spacial score (nSPS) is 17.9. The van der Waals surface area contributed by atoms with Gasteiger partial charge in [0.1, 0.15) is 5.82 Å². The fourth-order valence-electron chi connectivity index (χ4n) is 3.91. The number of carbonyl (C=O) groups excluding carboxylic acids is 1. The highest BCUT2D eigenvalue weighted by molar-refractivity contribution is 7.90. The second kappa shape index (κ2) is 6.31. The van der Waals surface area contributed by atoms with Crippen molar-refractivity contribution in [3.05, 3.63) is 59.4 Å². The van der Waals surface area contributed by atoms with Gasteiger partial charge in [0, 0.05) is 12.2 Å². The van der Waals surface area contributed by atoms with Crippen LogP contribution in [-0.2, 0) is 26.8 Å². The highest BCUT2D eigenvalue weighted by Gasteiger charge is 2.45. The van der Waals surface area contributed by atoms with E-state index in [0.717, 1.165) is 16.3 Å². The summed E-state index contributed by atoms with van der Waals surface area (Å²) < 4.78 is 38.3. The monoisotopic (exact) mass is 389 g/mol. The number of hydrogen-bond acceptors (Lipinski definition) is 3. The Kier molecular flexibility index (Phi) is 4.20. The van der Waals surface area contributed by atoms with Crippen molar-refractivity contribution < 1.29 is 17.6 Å². The van der Waals surface area contributed by atoms with E-state index in [9.17, 15) is 17.6 Å². The lowest BCUT2D eigenvalue weighted by Crippen LogP contribution is -2.46. The molecule has 0 bridgehead atoms. The Morgan fingerprint density at radius 1 is 1.19 bits per heavy atom. The Morgan fingerprint density at radius 2 is 1.96 bits per heavy atom. The number of benzene rings is 2. The summed E-state index contributed by atoms with van der Waals surface area (Å²) in [4.78, 5) is 13.0. The van der Waals surface area contributed by atoms with Crippen LogP contribution in [0.3, 0.4) is 0 Å². The smallest absolute Gasteiger partial charge is 0.299 e. The van der Waals surface area contributed by atoms with Crippen molar-refractivity contribution in [1.82, 2.24) is 0 Å². The van der Waals surface area contributed by atoms with Gasteiger partial charge in [-0.3, -0.25) is 9.10 Å². The largest absolute Gasteiger partial charge is 0.325 e. The summed E-state index contributed by atoms with van der Waals surface area (Å²) in [6.07, 6.45) is 2.77. The van der Waals surface area contributed by atoms with E-state index in [1.54, 1.807) is 30.3 Å². The van der Waals surface area contributed by atoms with E-state index in [1.807, 2.05) is 0 Å². The number of halogens is 1. The average molecular weight is 389 g/mol. The molecule has 2 aromatic rings. The molecule has 0 aromatic heterocycles. The molecule has 2 aromatic carbocycles. The summed E-state index contributed by atoms with van der Waals surface area (Å²) >= 11 is 0. The minimum absolute atomic E-state index is 0.209. The first-order chi connectivity index (χ1) is 12.8. The van der Waals surface area contributed by atoms with E-state index in [-0.39, 0.29) is 11.7 Å². The summed E-state index contributed by atoms with van der Waals surface area (Å²) in [6, 6.07) is 11.3. The van der Waals surface area contributed by atoms with E-state index >= 15 is 0 Å². The fourth-order valence-corrected chi connectivity index (χ4v) is 4.70. The summed E-state index contributed by atoms with van der Waals surface area (Å²) in [6.45, 7) is 0.290. The standard InChI is InChI=1S/C19H20FN3O3S/c20-15-4-1-3-14(11-15)19(8-2-9-19)18(24)22-16-6-5-13-7-10-23(17(13)12-16)27(21,25)26/h1,3-6,11-12H,2,7-10H2,(H,22,24)(H2,21,25,26). The van der Waals surface area contributed by atoms with Crippen LogP contribution in [0.15, 0.2) is 42.5 Å².